The molecule has 1 fully saturated rings. The molecule has 0 spiro atoms. The third-order valence-corrected chi connectivity index (χ3v) is 6.02. The monoisotopic (exact) mass is 475 g/mol. The number of hydrogen-bond donors (Lipinski definition) is 1. The van der Waals surface area contributed by atoms with E-state index in [4.69, 9.17) is 11.6 Å². The molecule has 8 heteroatoms. The summed E-state index contributed by atoms with van der Waals surface area (Å²) in [6, 6.07) is 16.6. The highest BCUT2D eigenvalue weighted by atomic mass is 35.5. The number of anilines is 2. The molecule has 1 N–H and O–H groups in total. The average molecular weight is 476 g/mol. The van der Waals surface area contributed by atoms with Crippen molar-refractivity contribution in [2.75, 3.05) is 36.4 Å². The van der Waals surface area contributed by atoms with Gasteiger partial charge in [-0.1, -0.05) is 41.9 Å². The second-order valence-electron chi connectivity index (χ2n) is 8.09. The first-order valence-electron chi connectivity index (χ1n) is 11.1. The third kappa shape index (κ3) is 5.99. The minimum Gasteiger partial charge on any atom is -0.339 e. The number of amides is 2. The summed E-state index contributed by atoms with van der Waals surface area (Å²) in [5, 5.41) is 3.46. The summed E-state index contributed by atoms with van der Waals surface area (Å²) >= 11 is 6.20. The van der Waals surface area contributed by atoms with E-state index in [1.165, 1.54) is 6.08 Å². The summed E-state index contributed by atoms with van der Waals surface area (Å²) in [5.41, 5.74) is 3.18. The zero-order valence-corrected chi connectivity index (χ0v) is 19.7. The van der Waals surface area contributed by atoms with Crippen LogP contribution in [0.15, 0.2) is 73.1 Å². The Kier molecular flexibility index (Phi) is 7.54. The maximum absolute atomic E-state index is 12.7. The molecular formula is C26H26ClN5O2. The van der Waals surface area contributed by atoms with Crippen LogP contribution in [-0.4, -0.2) is 52.9 Å². The van der Waals surface area contributed by atoms with Gasteiger partial charge in [0.1, 0.15) is 0 Å². The summed E-state index contributed by atoms with van der Waals surface area (Å²) in [6.07, 6.45) is 5.30. The van der Waals surface area contributed by atoms with Crippen molar-refractivity contribution < 1.29 is 9.59 Å². The Hall–Kier alpha value is -3.71. The average Bonchev–Trinajstić information content (AvgIpc) is 2.86. The normalized spacial score (nSPS) is 14.1. The minimum atomic E-state index is -0.235. The lowest BCUT2D eigenvalue weighted by Crippen LogP contribution is -2.49. The van der Waals surface area contributed by atoms with E-state index in [1.807, 2.05) is 54.3 Å². The van der Waals surface area contributed by atoms with Crippen LogP contribution in [0.4, 0.5) is 11.6 Å². The molecule has 0 atom stereocenters. The summed E-state index contributed by atoms with van der Waals surface area (Å²) in [4.78, 5) is 37.7. The Labute approximate surface area is 204 Å². The van der Waals surface area contributed by atoms with Crippen molar-refractivity contribution in [2.24, 2.45) is 0 Å². The molecule has 4 rings (SSSR count). The van der Waals surface area contributed by atoms with Gasteiger partial charge < -0.3 is 15.1 Å². The van der Waals surface area contributed by atoms with Crippen LogP contribution in [0.25, 0.3) is 5.57 Å². The fourth-order valence-corrected chi connectivity index (χ4v) is 4.12. The molecule has 2 aromatic carbocycles. The molecule has 0 aliphatic carbocycles. The summed E-state index contributed by atoms with van der Waals surface area (Å²) < 4.78 is 0. The second-order valence-corrected chi connectivity index (χ2v) is 8.49. The van der Waals surface area contributed by atoms with Gasteiger partial charge in [-0.15, -0.1) is 0 Å². The molecule has 1 saturated heterocycles. The van der Waals surface area contributed by atoms with Crippen LogP contribution in [0, 0.1) is 0 Å². The van der Waals surface area contributed by atoms with Crippen LogP contribution in [0.2, 0.25) is 5.02 Å². The number of rotatable bonds is 6. The molecule has 0 radical (unpaired) electrons. The maximum Gasteiger partial charge on any atom is 0.248 e. The number of hydrogen-bond acceptors (Lipinski definition) is 5. The second kappa shape index (κ2) is 10.9. The largest absolute Gasteiger partial charge is 0.339 e. The molecule has 2 amide bonds. The molecule has 1 aliphatic rings. The standard InChI is InChI=1S/C26H26ClN5O2/c1-19(22-5-2-3-6-23(22)27)17-24(33)30-21-9-7-20(8-10-21)18-25(34)31-13-15-32(16-14-31)26-28-11-4-12-29-26/h2-12,17H,13-16,18H2,1H3,(H,30,33). The first kappa shape index (κ1) is 23.4. The lowest BCUT2D eigenvalue weighted by molar-refractivity contribution is -0.130. The molecule has 2 heterocycles. The summed E-state index contributed by atoms with van der Waals surface area (Å²) in [7, 11) is 0. The SMILES string of the molecule is CC(=CC(=O)Nc1ccc(CC(=O)N2CCN(c3ncccn3)CC2)cc1)c1ccccc1Cl. The van der Waals surface area contributed by atoms with Gasteiger partial charge in [0.2, 0.25) is 17.8 Å². The lowest BCUT2D eigenvalue weighted by atomic mass is 10.1. The van der Waals surface area contributed by atoms with Crippen molar-refractivity contribution in [3.63, 3.8) is 0 Å². The van der Waals surface area contributed by atoms with Crippen LogP contribution >= 0.6 is 11.6 Å². The van der Waals surface area contributed by atoms with Gasteiger partial charge in [-0.2, -0.15) is 0 Å². The molecule has 3 aromatic rings. The number of carbonyl (C=O) groups is 2. The Morgan fingerprint density at radius 3 is 2.32 bits per heavy atom. The topological polar surface area (TPSA) is 78.4 Å². The zero-order valence-electron chi connectivity index (χ0n) is 18.9. The van der Waals surface area contributed by atoms with E-state index >= 15 is 0 Å². The summed E-state index contributed by atoms with van der Waals surface area (Å²) in [5.74, 6) is 0.550. The Balaban J connectivity index is 1.28. The highest BCUT2D eigenvalue weighted by molar-refractivity contribution is 6.32. The number of piperazine rings is 1. The van der Waals surface area contributed by atoms with Crippen LogP contribution in [0.3, 0.4) is 0 Å². The molecule has 0 bridgehead atoms. The fraction of sp³-hybridized carbons (Fsp3) is 0.231. The van der Waals surface area contributed by atoms with Crippen LogP contribution in [0.1, 0.15) is 18.1 Å². The molecular weight excluding hydrogens is 450 g/mol. The minimum absolute atomic E-state index is 0.0868. The number of carbonyl (C=O) groups excluding carboxylic acids is 2. The van der Waals surface area contributed by atoms with Gasteiger partial charge in [0.05, 0.1) is 6.42 Å². The molecule has 0 unspecified atom stereocenters. The third-order valence-electron chi connectivity index (χ3n) is 5.69. The lowest BCUT2D eigenvalue weighted by Gasteiger charge is -2.34. The quantitative estimate of drug-likeness (QED) is 0.544. The molecule has 174 valence electrons. The predicted octanol–water partition coefficient (Wildman–Crippen LogP) is 4.06. The van der Waals surface area contributed by atoms with Crippen molar-refractivity contribution in [1.82, 2.24) is 14.9 Å². The van der Waals surface area contributed by atoms with Gasteiger partial charge in [0.15, 0.2) is 0 Å². The number of nitrogens with zero attached hydrogens (tertiary/aromatic N) is 4. The van der Waals surface area contributed by atoms with Gasteiger partial charge in [-0.3, -0.25) is 9.59 Å². The zero-order chi connectivity index (χ0) is 23.9. The van der Waals surface area contributed by atoms with Crippen LogP contribution in [-0.2, 0) is 16.0 Å². The van der Waals surface area contributed by atoms with Crippen molar-refractivity contribution in [1.29, 1.82) is 0 Å². The highest BCUT2D eigenvalue weighted by Crippen LogP contribution is 2.23. The molecule has 1 aromatic heterocycles. The Morgan fingerprint density at radius 1 is 0.971 bits per heavy atom. The molecule has 1 aliphatic heterocycles. The van der Waals surface area contributed by atoms with E-state index in [0.29, 0.717) is 49.3 Å². The van der Waals surface area contributed by atoms with E-state index in [2.05, 4.69) is 20.2 Å². The Bertz CT molecular complexity index is 1170. The van der Waals surface area contributed by atoms with Gasteiger partial charge in [0.25, 0.3) is 0 Å². The number of nitrogens with one attached hydrogen (secondary N) is 1. The van der Waals surface area contributed by atoms with Crippen molar-refractivity contribution >= 4 is 40.6 Å². The molecule has 34 heavy (non-hydrogen) atoms. The molecule has 0 saturated carbocycles. The fourth-order valence-electron chi connectivity index (χ4n) is 3.84. The van der Waals surface area contributed by atoms with Gasteiger partial charge in [-0.25, -0.2) is 9.97 Å². The van der Waals surface area contributed by atoms with E-state index < -0.39 is 0 Å². The van der Waals surface area contributed by atoms with Crippen molar-refractivity contribution in [3.8, 4) is 0 Å². The van der Waals surface area contributed by atoms with Crippen LogP contribution in [0.5, 0.6) is 0 Å². The smallest absolute Gasteiger partial charge is 0.248 e. The predicted molar refractivity (Wildman–Crippen MR) is 135 cm³/mol. The molecule has 7 nitrogen and oxygen atoms in total. The first-order chi connectivity index (χ1) is 16.5. The number of halogens is 1. The Morgan fingerprint density at radius 2 is 1.65 bits per heavy atom. The van der Waals surface area contributed by atoms with Gasteiger partial charge in [0, 0.05) is 55.4 Å². The van der Waals surface area contributed by atoms with E-state index in [-0.39, 0.29) is 11.8 Å². The maximum atomic E-state index is 12.7. The van der Waals surface area contributed by atoms with Crippen LogP contribution < -0.4 is 10.2 Å². The van der Waals surface area contributed by atoms with Crippen molar-refractivity contribution in [3.05, 3.63) is 89.2 Å². The number of aromatic nitrogens is 2. The first-order valence-corrected chi connectivity index (χ1v) is 11.5. The van der Waals surface area contributed by atoms with E-state index in [1.54, 1.807) is 24.5 Å². The van der Waals surface area contributed by atoms with E-state index in [0.717, 1.165) is 16.7 Å². The van der Waals surface area contributed by atoms with Gasteiger partial charge >= 0.3 is 0 Å². The van der Waals surface area contributed by atoms with Gasteiger partial charge in [-0.05, 0) is 47.9 Å². The highest BCUT2D eigenvalue weighted by Gasteiger charge is 2.22. The number of allylic oxidation sites excluding steroid dienone is 1. The number of benzene rings is 2. The van der Waals surface area contributed by atoms with E-state index in [9.17, 15) is 9.59 Å². The summed E-state index contributed by atoms with van der Waals surface area (Å²) in [6.45, 7) is 4.55. The van der Waals surface area contributed by atoms with Crippen molar-refractivity contribution in [2.45, 2.75) is 13.3 Å².